The summed E-state index contributed by atoms with van der Waals surface area (Å²) in [5.74, 6) is -1.40. The van der Waals surface area contributed by atoms with Gasteiger partial charge in [-0.25, -0.2) is 0 Å². The fraction of sp³-hybridized carbons (Fsp3) is 0.462. The summed E-state index contributed by atoms with van der Waals surface area (Å²) in [7, 11) is 0. The first kappa shape index (κ1) is 12.7. The van der Waals surface area contributed by atoms with E-state index in [2.05, 4.69) is 0 Å². The smallest absolute Gasteiger partial charge is 0.306 e. The highest BCUT2D eigenvalue weighted by molar-refractivity contribution is 5.69. The maximum atomic E-state index is 10.7. The second-order valence-electron chi connectivity index (χ2n) is 4.04. The average Bonchev–Trinajstić information content (AvgIpc) is 2.28. The number of aliphatic hydroxyl groups is 1. The van der Waals surface area contributed by atoms with Crippen LogP contribution in [0.1, 0.15) is 37.5 Å². The standard InChI is InChI=1S/C13H18O3/c1-3-10-6-4-5-7-11(10)12(14)8-9(2)13(15)16/h4-7,9,12,14H,3,8H2,1-2H3,(H,15,16). The van der Waals surface area contributed by atoms with Gasteiger partial charge in [0.1, 0.15) is 0 Å². The minimum absolute atomic E-state index is 0.256. The van der Waals surface area contributed by atoms with Crippen LogP contribution in [-0.4, -0.2) is 16.2 Å². The molecule has 0 radical (unpaired) electrons. The molecule has 1 aromatic carbocycles. The quantitative estimate of drug-likeness (QED) is 0.804. The number of aliphatic hydroxyl groups excluding tert-OH is 1. The summed E-state index contributed by atoms with van der Waals surface area (Å²) in [5, 5.41) is 18.8. The lowest BCUT2D eigenvalue weighted by Gasteiger charge is -2.16. The molecule has 1 rings (SSSR count). The Bertz CT molecular complexity index is 360. The van der Waals surface area contributed by atoms with E-state index in [4.69, 9.17) is 5.11 Å². The molecule has 2 atom stereocenters. The van der Waals surface area contributed by atoms with Gasteiger partial charge in [0.2, 0.25) is 0 Å². The highest BCUT2D eigenvalue weighted by Crippen LogP contribution is 2.24. The predicted octanol–water partition coefficient (Wildman–Crippen LogP) is 2.39. The van der Waals surface area contributed by atoms with E-state index in [0.29, 0.717) is 0 Å². The van der Waals surface area contributed by atoms with Crippen LogP contribution < -0.4 is 0 Å². The molecule has 2 unspecified atom stereocenters. The number of carboxylic acid groups (broad SMARTS) is 1. The summed E-state index contributed by atoms with van der Waals surface area (Å²) in [6.07, 6.45) is 0.406. The molecule has 16 heavy (non-hydrogen) atoms. The van der Waals surface area contributed by atoms with E-state index in [1.54, 1.807) is 6.92 Å². The van der Waals surface area contributed by atoms with E-state index >= 15 is 0 Å². The Morgan fingerprint density at radius 2 is 2.00 bits per heavy atom. The molecule has 0 amide bonds. The van der Waals surface area contributed by atoms with Crippen LogP contribution in [0.15, 0.2) is 24.3 Å². The van der Waals surface area contributed by atoms with Crippen LogP contribution in [0.5, 0.6) is 0 Å². The molecule has 0 aromatic heterocycles. The number of benzene rings is 1. The number of rotatable bonds is 5. The SMILES string of the molecule is CCc1ccccc1C(O)CC(C)C(=O)O. The Morgan fingerprint density at radius 3 is 2.56 bits per heavy atom. The van der Waals surface area contributed by atoms with Gasteiger partial charge in [-0.2, -0.15) is 0 Å². The third-order valence-electron chi connectivity index (χ3n) is 2.79. The van der Waals surface area contributed by atoms with Crippen molar-refractivity contribution in [1.29, 1.82) is 0 Å². The summed E-state index contributed by atoms with van der Waals surface area (Å²) >= 11 is 0. The Hall–Kier alpha value is -1.35. The molecule has 3 heteroatoms. The molecule has 0 saturated heterocycles. The summed E-state index contributed by atoms with van der Waals surface area (Å²) in [6.45, 7) is 3.63. The van der Waals surface area contributed by atoms with Gasteiger partial charge in [-0.15, -0.1) is 0 Å². The molecule has 1 aromatic rings. The second-order valence-corrected chi connectivity index (χ2v) is 4.04. The molecule has 0 aliphatic carbocycles. The van der Waals surface area contributed by atoms with Crippen molar-refractivity contribution in [2.75, 3.05) is 0 Å². The average molecular weight is 222 g/mol. The van der Waals surface area contributed by atoms with Gasteiger partial charge in [0.05, 0.1) is 12.0 Å². The summed E-state index contributed by atoms with van der Waals surface area (Å²) in [6, 6.07) is 7.61. The van der Waals surface area contributed by atoms with Crippen molar-refractivity contribution in [3.63, 3.8) is 0 Å². The molecule has 88 valence electrons. The first-order valence-electron chi connectivity index (χ1n) is 5.55. The molecule has 0 aliphatic heterocycles. The summed E-state index contributed by atoms with van der Waals surface area (Å²) < 4.78 is 0. The van der Waals surface area contributed by atoms with E-state index in [1.165, 1.54) is 0 Å². The van der Waals surface area contributed by atoms with Gasteiger partial charge in [-0.05, 0) is 24.0 Å². The molecule has 0 saturated carbocycles. The number of hydrogen-bond acceptors (Lipinski definition) is 2. The molecule has 0 fully saturated rings. The third kappa shape index (κ3) is 3.07. The van der Waals surface area contributed by atoms with Crippen LogP contribution in [0.3, 0.4) is 0 Å². The first-order chi connectivity index (χ1) is 7.56. The number of carboxylic acids is 1. The molecule has 0 aliphatic rings. The maximum Gasteiger partial charge on any atom is 0.306 e. The highest BCUT2D eigenvalue weighted by Gasteiger charge is 2.19. The Kier molecular flexibility index (Phi) is 4.50. The van der Waals surface area contributed by atoms with Crippen molar-refractivity contribution in [2.45, 2.75) is 32.8 Å². The number of aryl methyl sites for hydroxylation is 1. The van der Waals surface area contributed by atoms with Crippen LogP contribution in [0.2, 0.25) is 0 Å². The third-order valence-corrected chi connectivity index (χ3v) is 2.79. The number of hydrogen-bond donors (Lipinski definition) is 2. The summed E-state index contributed by atoms with van der Waals surface area (Å²) in [5.41, 5.74) is 1.92. The van der Waals surface area contributed by atoms with Crippen LogP contribution in [0.4, 0.5) is 0 Å². The van der Waals surface area contributed by atoms with E-state index in [-0.39, 0.29) is 6.42 Å². The number of carbonyl (C=O) groups is 1. The predicted molar refractivity (Wildman–Crippen MR) is 62.2 cm³/mol. The molecular formula is C13H18O3. The minimum atomic E-state index is -0.868. The van der Waals surface area contributed by atoms with E-state index < -0.39 is 18.0 Å². The molecule has 2 N–H and O–H groups in total. The molecular weight excluding hydrogens is 204 g/mol. The van der Waals surface area contributed by atoms with Crippen molar-refractivity contribution in [3.05, 3.63) is 35.4 Å². The van der Waals surface area contributed by atoms with Crippen LogP contribution in [-0.2, 0) is 11.2 Å². The van der Waals surface area contributed by atoms with Crippen molar-refractivity contribution in [3.8, 4) is 0 Å². The van der Waals surface area contributed by atoms with Crippen LogP contribution >= 0.6 is 0 Å². The maximum absolute atomic E-state index is 10.7. The fourth-order valence-corrected chi connectivity index (χ4v) is 1.74. The second kappa shape index (κ2) is 5.66. The van der Waals surface area contributed by atoms with Crippen molar-refractivity contribution in [1.82, 2.24) is 0 Å². The normalized spacial score (nSPS) is 14.4. The molecule has 0 spiro atoms. The van der Waals surface area contributed by atoms with Gasteiger partial charge in [0.15, 0.2) is 0 Å². The van der Waals surface area contributed by atoms with Gasteiger partial charge >= 0.3 is 5.97 Å². The lowest BCUT2D eigenvalue weighted by Crippen LogP contribution is -2.14. The zero-order valence-corrected chi connectivity index (χ0v) is 9.68. The van der Waals surface area contributed by atoms with Gasteiger partial charge in [-0.1, -0.05) is 38.1 Å². The minimum Gasteiger partial charge on any atom is -0.481 e. The van der Waals surface area contributed by atoms with Gasteiger partial charge < -0.3 is 10.2 Å². The van der Waals surface area contributed by atoms with E-state index in [1.807, 2.05) is 31.2 Å². The summed E-state index contributed by atoms with van der Waals surface area (Å²) in [4.78, 5) is 10.7. The zero-order chi connectivity index (χ0) is 12.1. The molecule has 0 bridgehead atoms. The number of aliphatic carboxylic acids is 1. The lowest BCUT2D eigenvalue weighted by atomic mass is 9.94. The van der Waals surface area contributed by atoms with Gasteiger partial charge in [-0.3, -0.25) is 4.79 Å². The lowest BCUT2D eigenvalue weighted by molar-refractivity contribution is -0.142. The molecule has 3 nitrogen and oxygen atoms in total. The Morgan fingerprint density at radius 1 is 1.38 bits per heavy atom. The monoisotopic (exact) mass is 222 g/mol. The Labute approximate surface area is 95.7 Å². The zero-order valence-electron chi connectivity index (χ0n) is 9.68. The van der Waals surface area contributed by atoms with Crippen molar-refractivity contribution in [2.24, 2.45) is 5.92 Å². The van der Waals surface area contributed by atoms with Gasteiger partial charge in [0, 0.05) is 0 Å². The van der Waals surface area contributed by atoms with Crippen molar-refractivity contribution >= 4 is 5.97 Å². The van der Waals surface area contributed by atoms with Crippen LogP contribution in [0.25, 0.3) is 0 Å². The van der Waals surface area contributed by atoms with Gasteiger partial charge in [0.25, 0.3) is 0 Å². The van der Waals surface area contributed by atoms with E-state index in [0.717, 1.165) is 17.5 Å². The largest absolute Gasteiger partial charge is 0.481 e. The van der Waals surface area contributed by atoms with E-state index in [9.17, 15) is 9.90 Å². The van der Waals surface area contributed by atoms with Crippen molar-refractivity contribution < 1.29 is 15.0 Å². The fourth-order valence-electron chi connectivity index (χ4n) is 1.74. The Balaban J connectivity index is 2.79. The topological polar surface area (TPSA) is 57.5 Å². The highest BCUT2D eigenvalue weighted by atomic mass is 16.4. The van der Waals surface area contributed by atoms with Crippen LogP contribution in [0, 0.1) is 5.92 Å². The molecule has 0 heterocycles. The first-order valence-corrected chi connectivity index (χ1v) is 5.55.